The highest BCUT2D eigenvalue weighted by molar-refractivity contribution is 5.98. The van der Waals surface area contributed by atoms with Crippen molar-refractivity contribution in [2.75, 3.05) is 33.2 Å². The molecule has 2 aromatic rings. The van der Waals surface area contributed by atoms with Gasteiger partial charge >= 0.3 is 0 Å². The summed E-state index contributed by atoms with van der Waals surface area (Å²) in [4.78, 5) is 56.9. The predicted octanol–water partition coefficient (Wildman–Crippen LogP) is 3.62. The summed E-state index contributed by atoms with van der Waals surface area (Å²) in [6, 6.07) is 2.40. The number of aryl methyl sites for hydroxylation is 1. The lowest BCUT2D eigenvalue weighted by Crippen LogP contribution is -2.57. The lowest BCUT2D eigenvalue weighted by atomic mass is 9.77. The zero-order valence-electron chi connectivity index (χ0n) is 28.3. The molecular weight excluding hydrogens is 610 g/mol. The van der Waals surface area contributed by atoms with Crippen molar-refractivity contribution in [3.63, 3.8) is 0 Å². The molecule has 2 fully saturated rings. The fraction of sp³-hybridized carbons (Fsp3) is 0.647. The Bertz CT molecular complexity index is 1430. The number of rotatable bonds is 12. The number of carbonyl (C=O) groups is 4. The lowest BCUT2D eigenvalue weighted by Gasteiger charge is -2.36. The molecule has 0 unspecified atom stereocenters. The first-order chi connectivity index (χ1) is 22.2. The van der Waals surface area contributed by atoms with E-state index in [0.717, 1.165) is 39.5 Å². The largest absolute Gasteiger partial charge is 0.341 e. The summed E-state index contributed by atoms with van der Waals surface area (Å²) in [6.07, 6.45) is 3.50. The number of halogens is 2. The summed E-state index contributed by atoms with van der Waals surface area (Å²) in [5, 5.41) is 12.9. The van der Waals surface area contributed by atoms with Gasteiger partial charge in [-0.25, -0.2) is 13.4 Å². The highest BCUT2D eigenvalue weighted by atomic mass is 19.1. The number of hydrogen-bond acceptors (Lipinski definition) is 8. The van der Waals surface area contributed by atoms with E-state index in [1.54, 1.807) is 17.9 Å². The summed E-state index contributed by atoms with van der Waals surface area (Å²) in [6.45, 7) is 10.1. The van der Waals surface area contributed by atoms with Crippen molar-refractivity contribution >= 4 is 23.5 Å². The number of likely N-dealkylation sites (N-methyl/N-ethyl adjacent to an activating group) is 1. The Morgan fingerprint density at radius 2 is 1.70 bits per heavy atom. The van der Waals surface area contributed by atoms with E-state index in [9.17, 15) is 23.6 Å². The van der Waals surface area contributed by atoms with E-state index < -0.39 is 41.3 Å². The van der Waals surface area contributed by atoms with E-state index in [4.69, 9.17) is 4.63 Å². The number of hydrogen-bond donors (Lipinski definition) is 2. The molecular formula is C34H48F2N6O5. The third kappa shape index (κ3) is 9.00. The van der Waals surface area contributed by atoms with Gasteiger partial charge in [0.15, 0.2) is 17.1 Å². The van der Waals surface area contributed by atoms with Crippen molar-refractivity contribution in [2.24, 2.45) is 11.8 Å². The van der Waals surface area contributed by atoms with E-state index >= 15 is 4.39 Å². The monoisotopic (exact) mass is 658 g/mol. The molecule has 1 aromatic heterocycles. The van der Waals surface area contributed by atoms with Crippen LogP contribution in [0.2, 0.25) is 0 Å². The first kappa shape index (κ1) is 36.1. The molecule has 1 saturated carbocycles. The summed E-state index contributed by atoms with van der Waals surface area (Å²) < 4.78 is 35.0. The van der Waals surface area contributed by atoms with Crippen molar-refractivity contribution in [3.05, 3.63) is 46.5 Å². The van der Waals surface area contributed by atoms with Crippen LogP contribution in [0.1, 0.15) is 93.5 Å². The number of aromatic nitrogens is 2. The van der Waals surface area contributed by atoms with Crippen LogP contribution in [0.15, 0.2) is 22.8 Å². The van der Waals surface area contributed by atoms with Crippen LogP contribution in [0.25, 0.3) is 0 Å². The van der Waals surface area contributed by atoms with Gasteiger partial charge in [-0.05, 0) is 74.3 Å². The summed E-state index contributed by atoms with van der Waals surface area (Å²) >= 11 is 0. The fourth-order valence-corrected chi connectivity index (χ4v) is 6.32. The molecule has 13 heteroatoms. The Morgan fingerprint density at radius 1 is 1.04 bits per heavy atom. The van der Waals surface area contributed by atoms with Crippen molar-refractivity contribution in [3.8, 4) is 0 Å². The molecule has 258 valence electrons. The Balaban J connectivity index is 1.54. The minimum atomic E-state index is -2.22. The second-order valence-corrected chi connectivity index (χ2v) is 13.7. The molecule has 1 aliphatic heterocycles. The number of carbonyl (C=O) groups excluding carboxylic acids is 4. The molecule has 4 rings (SSSR count). The van der Waals surface area contributed by atoms with Gasteiger partial charge in [0, 0.05) is 38.5 Å². The third-order valence-corrected chi connectivity index (χ3v) is 9.65. The second kappa shape index (κ2) is 15.4. The molecule has 3 atom stereocenters. The standard InChI is InChI=1S/C34H48F2N6O5/c1-7-26-30(40-47-39-26)31(44)37-29(22-10-8-20(2)9-11-22)27(43)19-24-13-12-23(18-25(24)35)21(3)28(38-33(46)34(4,5)36)32(45)42-16-14-41(6)15-17-42/h12-13,18,20-22,28-29H,7-11,14-17,19H2,1-6H3,(H,37,44)(H,38,46)/t20?,21-,22?,28+,29-/m0/s1. The molecule has 0 spiro atoms. The van der Waals surface area contributed by atoms with Crippen LogP contribution in [-0.2, 0) is 27.2 Å². The molecule has 11 nitrogen and oxygen atoms in total. The summed E-state index contributed by atoms with van der Waals surface area (Å²) in [7, 11) is 1.95. The average Bonchev–Trinajstić information content (AvgIpc) is 3.52. The molecule has 1 aliphatic carbocycles. The third-order valence-electron chi connectivity index (χ3n) is 9.65. The van der Waals surface area contributed by atoms with E-state index in [1.807, 2.05) is 14.0 Å². The van der Waals surface area contributed by atoms with E-state index in [2.05, 4.69) is 32.8 Å². The minimum Gasteiger partial charge on any atom is -0.341 e. The van der Waals surface area contributed by atoms with Gasteiger partial charge in [-0.1, -0.05) is 50.9 Å². The lowest BCUT2D eigenvalue weighted by molar-refractivity contribution is -0.141. The number of nitrogens with zero attached hydrogens (tertiary/aromatic N) is 4. The smallest absolute Gasteiger partial charge is 0.276 e. The van der Waals surface area contributed by atoms with Crippen LogP contribution in [0.3, 0.4) is 0 Å². The molecule has 2 aliphatic rings. The van der Waals surface area contributed by atoms with Crippen molar-refractivity contribution in [1.29, 1.82) is 0 Å². The summed E-state index contributed by atoms with van der Waals surface area (Å²) in [5.74, 6) is -3.13. The topological polar surface area (TPSA) is 138 Å². The Hall–Kier alpha value is -3.74. The maximum Gasteiger partial charge on any atom is 0.276 e. The minimum absolute atomic E-state index is 0.0305. The van der Waals surface area contributed by atoms with Crippen molar-refractivity contribution in [2.45, 2.75) is 96.8 Å². The van der Waals surface area contributed by atoms with Crippen LogP contribution < -0.4 is 10.6 Å². The molecule has 47 heavy (non-hydrogen) atoms. The SMILES string of the molecule is CCc1nonc1C(=O)N[C@H](C(=O)Cc1ccc([C@H](C)[C@@H](NC(=O)C(C)(C)F)C(=O)N2CCN(C)CC2)cc1F)C1CCC(C)CC1. The van der Waals surface area contributed by atoms with Gasteiger partial charge in [0.25, 0.3) is 11.8 Å². The molecule has 2 N–H and O–H groups in total. The highest BCUT2D eigenvalue weighted by Crippen LogP contribution is 2.32. The number of nitrogens with one attached hydrogen (secondary N) is 2. The van der Waals surface area contributed by atoms with Gasteiger partial charge in [0.2, 0.25) is 5.91 Å². The zero-order valence-corrected chi connectivity index (χ0v) is 28.3. The number of ketones is 1. The van der Waals surface area contributed by atoms with Gasteiger partial charge < -0.3 is 20.4 Å². The molecule has 3 amide bonds. The Morgan fingerprint density at radius 3 is 2.30 bits per heavy atom. The molecule has 1 saturated heterocycles. The van der Waals surface area contributed by atoms with E-state index in [0.29, 0.717) is 49.8 Å². The van der Waals surface area contributed by atoms with Gasteiger partial charge in [0.05, 0.1) is 6.04 Å². The number of piperazine rings is 1. The number of Topliss-reactive ketones (excluding diaryl/α,β-unsaturated/α-hetero) is 1. The van der Waals surface area contributed by atoms with Crippen LogP contribution in [0, 0.1) is 17.7 Å². The molecule has 0 radical (unpaired) electrons. The van der Waals surface area contributed by atoms with Crippen LogP contribution >= 0.6 is 0 Å². The molecule has 2 heterocycles. The Labute approximate surface area is 275 Å². The van der Waals surface area contributed by atoms with Gasteiger partial charge in [-0.15, -0.1) is 0 Å². The maximum atomic E-state index is 15.7. The second-order valence-electron chi connectivity index (χ2n) is 13.7. The number of alkyl halides is 1. The van der Waals surface area contributed by atoms with Crippen molar-refractivity contribution in [1.82, 2.24) is 30.7 Å². The van der Waals surface area contributed by atoms with Crippen LogP contribution in [0.5, 0.6) is 0 Å². The first-order valence-electron chi connectivity index (χ1n) is 16.6. The normalized spacial score (nSPS) is 21.1. The zero-order chi connectivity index (χ0) is 34.5. The van der Waals surface area contributed by atoms with E-state index in [-0.39, 0.29) is 35.3 Å². The van der Waals surface area contributed by atoms with Crippen LogP contribution in [0.4, 0.5) is 8.78 Å². The first-order valence-corrected chi connectivity index (χ1v) is 16.6. The predicted molar refractivity (Wildman–Crippen MR) is 171 cm³/mol. The Kier molecular flexibility index (Phi) is 11.9. The molecule has 0 bridgehead atoms. The number of benzene rings is 1. The summed E-state index contributed by atoms with van der Waals surface area (Å²) in [5.41, 5.74) is -1.25. The quantitative estimate of drug-likeness (QED) is 0.353. The highest BCUT2D eigenvalue weighted by Gasteiger charge is 2.38. The van der Waals surface area contributed by atoms with Gasteiger partial charge in [-0.2, -0.15) is 0 Å². The number of amides is 3. The maximum absolute atomic E-state index is 15.7. The van der Waals surface area contributed by atoms with Crippen LogP contribution in [-0.4, -0.2) is 94.6 Å². The average molecular weight is 659 g/mol. The molecule has 1 aromatic carbocycles. The van der Waals surface area contributed by atoms with E-state index in [1.165, 1.54) is 12.1 Å². The van der Waals surface area contributed by atoms with Gasteiger partial charge in [-0.3, -0.25) is 19.2 Å². The van der Waals surface area contributed by atoms with Gasteiger partial charge in [0.1, 0.15) is 17.6 Å². The fourth-order valence-electron chi connectivity index (χ4n) is 6.32. The van der Waals surface area contributed by atoms with Crippen molar-refractivity contribution < 1.29 is 32.6 Å².